The topological polar surface area (TPSA) is 44.5 Å². The number of ether oxygens (including phenoxy) is 2. The fourth-order valence-corrected chi connectivity index (χ4v) is 0.964. The second-order valence-electron chi connectivity index (χ2n) is 3.02. The number of nitrogens with two attached hydrogens (primary N) is 1. The van der Waals surface area contributed by atoms with Gasteiger partial charge in [-0.3, -0.25) is 0 Å². The predicted octanol–water partition coefficient (Wildman–Crippen LogP) is 0.387. The number of rotatable bonds is 6. The molecule has 66 valence electrons. The first-order valence-corrected chi connectivity index (χ1v) is 4.24. The van der Waals surface area contributed by atoms with Gasteiger partial charge in [0.05, 0.1) is 25.9 Å². The van der Waals surface area contributed by atoms with Gasteiger partial charge in [0.25, 0.3) is 0 Å². The summed E-state index contributed by atoms with van der Waals surface area (Å²) in [7, 11) is 0. The molecule has 0 amide bonds. The minimum Gasteiger partial charge on any atom is -0.378 e. The van der Waals surface area contributed by atoms with E-state index in [0.29, 0.717) is 25.9 Å². The Kier molecular flexibility index (Phi) is 3.83. The first-order chi connectivity index (χ1) is 5.34. The van der Waals surface area contributed by atoms with Crippen LogP contribution in [-0.2, 0) is 9.47 Å². The van der Waals surface area contributed by atoms with Gasteiger partial charge in [-0.05, 0) is 12.3 Å². The largest absolute Gasteiger partial charge is 0.378 e. The van der Waals surface area contributed by atoms with Gasteiger partial charge in [0.1, 0.15) is 0 Å². The van der Waals surface area contributed by atoms with Crippen molar-refractivity contribution < 1.29 is 9.47 Å². The van der Waals surface area contributed by atoms with Crippen LogP contribution in [0.1, 0.15) is 13.3 Å². The second kappa shape index (κ2) is 4.70. The lowest BCUT2D eigenvalue weighted by molar-refractivity contribution is 0.0388. The van der Waals surface area contributed by atoms with E-state index >= 15 is 0 Å². The average molecular weight is 159 g/mol. The molecule has 1 saturated carbocycles. The first kappa shape index (κ1) is 8.97. The summed E-state index contributed by atoms with van der Waals surface area (Å²) >= 11 is 0. The van der Waals surface area contributed by atoms with Crippen LogP contribution < -0.4 is 5.73 Å². The van der Waals surface area contributed by atoms with Gasteiger partial charge >= 0.3 is 0 Å². The Labute approximate surface area is 67.9 Å². The lowest BCUT2D eigenvalue weighted by atomic mass is 10.5. The van der Waals surface area contributed by atoms with Crippen LogP contribution >= 0.6 is 0 Å². The van der Waals surface area contributed by atoms with Gasteiger partial charge in [0, 0.05) is 6.54 Å². The van der Waals surface area contributed by atoms with Crippen LogP contribution in [0.5, 0.6) is 0 Å². The number of hydrogen-bond donors (Lipinski definition) is 1. The van der Waals surface area contributed by atoms with Gasteiger partial charge in [0.2, 0.25) is 0 Å². The van der Waals surface area contributed by atoms with E-state index in [1.54, 1.807) is 0 Å². The lowest BCUT2D eigenvalue weighted by Gasteiger charge is -2.02. The molecule has 1 fully saturated rings. The van der Waals surface area contributed by atoms with E-state index in [2.05, 4.69) is 6.92 Å². The third kappa shape index (κ3) is 3.70. The van der Waals surface area contributed by atoms with Gasteiger partial charge in [-0.2, -0.15) is 0 Å². The minimum atomic E-state index is 0.511. The van der Waals surface area contributed by atoms with Crippen LogP contribution in [0.4, 0.5) is 0 Å². The molecule has 1 aliphatic carbocycles. The van der Waals surface area contributed by atoms with Crippen LogP contribution in [0.25, 0.3) is 0 Å². The maximum Gasteiger partial charge on any atom is 0.0704 e. The molecule has 2 N–H and O–H groups in total. The van der Waals surface area contributed by atoms with Crippen LogP contribution in [0.15, 0.2) is 0 Å². The SMILES string of the molecule is CC1C[C@@H]1OCCOCCN. The lowest BCUT2D eigenvalue weighted by Crippen LogP contribution is -2.12. The molecule has 11 heavy (non-hydrogen) atoms. The molecule has 0 radical (unpaired) electrons. The second-order valence-corrected chi connectivity index (χ2v) is 3.02. The Balaban J connectivity index is 1.74. The van der Waals surface area contributed by atoms with Gasteiger partial charge in [-0.15, -0.1) is 0 Å². The molecule has 1 unspecified atom stereocenters. The van der Waals surface area contributed by atoms with Crippen molar-refractivity contribution in [1.29, 1.82) is 0 Å². The Morgan fingerprint density at radius 3 is 2.64 bits per heavy atom. The average Bonchev–Trinajstić information content (AvgIpc) is 2.67. The molecule has 0 bridgehead atoms. The maximum atomic E-state index is 5.45. The van der Waals surface area contributed by atoms with Crippen molar-refractivity contribution in [2.75, 3.05) is 26.4 Å². The summed E-state index contributed by atoms with van der Waals surface area (Å²) in [5, 5.41) is 0. The van der Waals surface area contributed by atoms with E-state index in [-0.39, 0.29) is 0 Å². The van der Waals surface area contributed by atoms with Crippen molar-refractivity contribution in [2.45, 2.75) is 19.4 Å². The maximum absolute atomic E-state index is 5.45. The summed E-state index contributed by atoms with van der Waals surface area (Å²) in [4.78, 5) is 0. The third-order valence-corrected chi connectivity index (χ3v) is 1.86. The van der Waals surface area contributed by atoms with Gasteiger partial charge < -0.3 is 15.2 Å². The molecule has 0 aromatic carbocycles. The van der Waals surface area contributed by atoms with Crippen molar-refractivity contribution in [3.63, 3.8) is 0 Å². The molecule has 3 nitrogen and oxygen atoms in total. The Hall–Kier alpha value is -0.120. The Bertz CT molecular complexity index is 108. The van der Waals surface area contributed by atoms with E-state index in [0.717, 1.165) is 12.5 Å². The molecular formula is C8H17NO2. The molecular weight excluding hydrogens is 142 g/mol. The summed E-state index contributed by atoms with van der Waals surface area (Å²) in [6.45, 7) is 4.84. The molecule has 1 aliphatic rings. The molecule has 0 aliphatic heterocycles. The van der Waals surface area contributed by atoms with Crippen molar-refractivity contribution >= 4 is 0 Å². The highest BCUT2D eigenvalue weighted by Gasteiger charge is 2.33. The highest BCUT2D eigenvalue weighted by molar-refractivity contribution is 4.83. The summed E-state index contributed by atoms with van der Waals surface area (Å²) in [6.07, 6.45) is 1.73. The van der Waals surface area contributed by atoms with E-state index in [1.807, 2.05) is 0 Å². The third-order valence-electron chi connectivity index (χ3n) is 1.86. The molecule has 1 rings (SSSR count). The predicted molar refractivity (Wildman–Crippen MR) is 43.4 cm³/mol. The van der Waals surface area contributed by atoms with Crippen LogP contribution in [-0.4, -0.2) is 32.5 Å². The zero-order valence-corrected chi connectivity index (χ0v) is 7.08. The van der Waals surface area contributed by atoms with E-state index in [9.17, 15) is 0 Å². The minimum absolute atomic E-state index is 0.511. The zero-order chi connectivity index (χ0) is 8.10. The molecule has 0 saturated heterocycles. The van der Waals surface area contributed by atoms with Crippen LogP contribution in [0.3, 0.4) is 0 Å². The Morgan fingerprint density at radius 2 is 2.09 bits per heavy atom. The fourth-order valence-electron chi connectivity index (χ4n) is 0.964. The zero-order valence-electron chi connectivity index (χ0n) is 7.08. The van der Waals surface area contributed by atoms with Crippen LogP contribution in [0.2, 0.25) is 0 Å². The summed E-state index contributed by atoms with van der Waals surface area (Å²) in [6, 6.07) is 0. The smallest absolute Gasteiger partial charge is 0.0704 e. The van der Waals surface area contributed by atoms with Gasteiger partial charge in [-0.25, -0.2) is 0 Å². The quantitative estimate of drug-likeness (QED) is 0.570. The van der Waals surface area contributed by atoms with Crippen molar-refractivity contribution in [2.24, 2.45) is 11.7 Å². The van der Waals surface area contributed by atoms with Crippen molar-refractivity contribution in [1.82, 2.24) is 0 Å². The van der Waals surface area contributed by atoms with Crippen LogP contribution in [0, 0.1) is 5.92 Å². The highest BCUT2D eigenvalue weighted by atomic mass is 16.5. The molecule has 3 heteroatoms. The fraction of sp³-hybridized carbons (Fsp3) is 1.00. The molecule has 2 atom stereocenters. The van der Waals surface area contributed by atoms with Crippen molar-refractivity contribution in [3.05, 3.63) is 0 Å². The molecule has 0 aromatic rings. The first-order valence-electron chi connectivity index (χ1n) is 4.24. The van der Waals surface area contributed by atoms with Gasteiger partial charge in [0.15, 0.2) is 0 Å². The summed E-state index contributed by atoms with van der Waals surface area (Å²) < 4.78 is 10.6. The Morgan fingerprint density at radius 1 is 1.36 bits per heavy atom. The summed E-state index contributed by atoms with van der Waals surface area (Å²) in [5.74, 6) is 0.768. The van der Waals surface area contributed by atoms with Gasteiger partial charge in [-0.1, -0.05) is 6.92 Å². The highest BCUT2D eigenvalue weighted by Crippen LogP contribution is 2.32. The monoisotopic (exact) mass is 159 g/mol. The van der Waals surface area contributed by atoms with Crippen molar-refractivity contribution in [3.8, 4) is 0 Å². The normalized spacial score (nSPS) is 28.9. The van der Waals surface area contributed by atoms with E-state index in [1.165, 1.54) is 6.42 Å². The van der Waals surface area contributed by atoms with E-state index < -0.39 is 0 Å². The summed E-state index contributed by atoms with van der Waals surface area (Å²) in [5.41, 5.74) is 5.24. The molecule has 0 spiro atoms. The molecule has 0 heterocycles. The standard InChI is InChI=1S/C8H17NO2/c1-7-6-8(7)11-5-4-10-3-2-9/h7-8H,2-6,9H2,1H3/t7?,8-/m0/s1. The van der Waals surface area contributed by atoms with E-state index in [4.69, 9.17) is 15.2 Å². The molecule has 0 aromatic heterocycles. The number of hydrogen-bond acceptors (Lipinski definition) is 3.